The van der Waals surface area contributed by atoms with Gasteiger partial charge in [-0.1, -0.05) is 24.4 Å². The van der Waals surface area contributed by atoms with Crippen molar-refractivity contribution < 1.29 is 9.90 Å². The molecule has 4 nitrogen and oxygen atoms in total. The fraction of sp³-hybridized carbons (Fsp3) is 0.545. The van der Waals surface area contributed by atoms with Gasteiger partial charge in [0.1, 0.15) is 5.69 Å². The molecule has 1 amide bonds. The second-order valence-corrected chi connectivity index (χ2v) is 4.60. The molecule has 16 heavy (non-hydrogen) atoms. The van der Waals surface area contributed by atoms with E-state index in [9.17, 15) is 9.90 Å². The lowest BCUT2D eigenvalue weighted by Gasteiger charge is -2.28. The van der Waals surface area contributed by atoms with Gasteiger partial charge in [0.05, 0.1) is 17.2 Å². The van der Waals surface area contributed by atoms with Crippen molar-refractivity contribution in [3.05, 3.63) is 23.0 Å². The highest BCUT2D eigenvalue weighted by Gasteiger charge is 2.25. The summed E-state index contributed by atoms with van der Waals surface area (Å²) in [5.41, 5.74) is 0.433. The molecule has 1 saturated carbocycles. The number of H-pyrrole nitrogens is 1. The largest absolute Gasteiger partial charge is 0.391 e. The van der Waals surface area contributed by atoms with Crippen molar-refractivity contribution in [2.75, 3.05) is 0 Å². The van der Waals surface area contributed by atoms with Gasteiger partial charge in [0, 0.05) is 6.20 Å². The number of halogens is 1. The molecule has 1 aliphatic carbocycles. The SMILES string of the molecule is O=C(N[C@H]1CCCC[C@@H]1O)c1cc(Cl)c[nH]1. The molecule has 0 aromatic carbocycles. The van der Waals surface area contributed by atoms with E-state index in [0.717, 1.165) is 25.7 Å². The van der Waals surface area contributed by atoms with Gasteiger partial charge in [-0.3, -0.25) is 4.79 Å². The number of nitrogens with one attached hydrogen (secondary N) is 2. The van der Waals surface area contributed by atoms with Crippen LogP contribution in [0.15, 0.2) is 12.3 Å². The number of aliphatic hydroxyl groups excluding tert-OH is 1. The third kappa shape index (κ3) is 2.57. The van der Waals surface area contributed by atoms with E-state index in [1.807, 2.05) is 0 Å². The standard InChI is InChI=1S/C11H15ClN2O2/c12-7-5-9(13-6-7)11(16)14-8-3-1-2-4-10(8)15/h5-6,8,10,13,15H,1-4H2,(H,14,16)/t8-,10-/m0/s1. The van der Waals surface area contributed by atoms with Gasteiger partial charge in [0.2, 0.25) is 0 Å². The molecule has 0 unspecified atom stereocenters. The number of hydrogen-bond acceptors (Lipinski definition) is 2. The van der Waals surface area contributed by atoms with Gasteiger partial charge in [-0.2, -0.15) is 0 Å². The maximum Gasteiger partial charge on any atom is 0.268 e. The Morgan fingerprint density at radius 1 is 1.50 bits per heavy atom. The third-order valence-electron chi connectivity index (χ3n) is 2.94. The summed E-state index contributed by atoms with van der Waals surface area (Å²) in [7, 11) is 0. The van der Waals surface area contributed by atoms with Gasteiger partial charge >= 0.3 is 0 Å². The van der Waals surface area contributed by atoms with E-state index >= 15 is 0 Å². The molecule has 0 saturated heterocycles. The number of rotatable bonds is 2. The summed E-state index contributed by atoms with van der Waals surface area (Å²) in [6, 6.07) is 1.44. The molecule has 1 aromatic heterocycles. The summed E-state index contributed by atoms with van der Waals surface area (Å²) < 4.78 is 0. The van der Waals surface area contributed by atoms with Crippen LogP contribution < -0.4 is 5.32 Å². The highest BCUT2D eigenvalue weighted by Crippen LogP contribution is 2.19. The normalized spacial score (nSPS) is 25.4. The minimum Gasteiger partial charge on any atom is -0.391 e. The Labute approximate surface area is 99.0 Å². The number of aromatic amines is 1. The van der Waals surface area contributed by atoms with Crippen molar-refractivity contribution in [2.45, 2.75) is 37.8 Å². The zero-order chi connectivity index (χ0) is 11.5. The van der Waals surface area contributed by atoms with Crippen LogP contribution in [-0.4, -0.2) is 28.1 Å². The van der Waals surface area contributed by atoms with E-state index in [1.54, 1.807) is 12.3 Å². The summed E-state index contributed by atoms with van der Waals surface area (Å²) in [4.78, 5) is 14.5. The van der Waals surface area contributed by atoms with E-state index in [1.165, 1.54) is 0 Å². The average molecular weight is 243 g/mol. The second kappa shape index (κ2) is 4.89. The van der Waals surface area contributed by atoms with Gasteiger partial charge in [0.25, 0.3) is 5.91 Å². The van der Waals surface area contributed by atoms with Crippen LogP contribution >= 0.6 is 11.6 Å². The van der Waals surface area contributed by atoms with Crippen molar-refractivity contribution >= 4 is 17.5 Å². The lowest BCUT2D eigenvalue weighted by molar-refractivity contribution is 0.0714. The number of carbonyl (C=O) groups excluding carboxylic acids is 1. The number of aromatic nitrogens is 1. The predicted octanol–water partition coefficient (Wildman–Crippen LogP) is 1.70. The van der Waals surface area contributed by atoms with E-state index in [-0.39, 0.29) is 11.9 Å². The van der Waals surface area contributed by atoms with E-state index in [4.69, 9.17) is 11.6 Å². The molecule has 3 N–H and O–H groups in total. The van der Waals surface area contributed by atoms with Crippen molar-refractivity contribution in [1.82, 2.24) is 10.3 Å². The molecule has 1 aliphatic rings. The van der Waals surface area contributed by atoms with Crippen LogP contribution in [0.3, 0.4) is 0 Å². The van der Waals surface area contributed by atoms with Crippen molar-refractivity contribution in [3.63, 3.8) is 0 Å². The topological polar surface area (TPSA) is 65.1 Å². The highest BCUT2D eigenvalue weighted by molar-refractivity contribution is 6.30. The first-order chi connectivity index (χ1) is 7.66. The summed E-state index contributed by atoms with van der Waals surface area (Å²) in [5, 5.41) is 13.0. The van der Waals surface area contributed by atoms with E-state index in [0.29, 0.717) is 10.7 Å². The minimum atomic E-state index is -0.428. The highest BCUT2D eigenvalue weighted by atomic mass is 35.5. The van der Waals surface area contributed by atoms with Gasteiger partial charge in [-0.15, -0.1) is 0 Å². The Balaban J connectivity index is 1.96. The summed E-state index contributed by atoms with van der Waals surface area (Å²) >= 11 is 5.72. The van der Waals surface area contributed by atoms with Crippen LogP contribution in [0, 0.1) is 0 Å². The fourth-order valence-electron chi connectivity index (χ4n) is 2.02. The Kier molecular flexibility index (Phi) is 3.51. The van der Waals surface area contributed by atoms with Crippen molar-refractivity contribution in [3.8, 4) is 0 Å². The quantitative estimate of drug-likeness (QED) is 0.739. The number of aliphatic hydroxyl groups is 1. The molecule has 88 valence electrons. The van der Waals surface area contributed by atoms with Gasteiger partial charge < -0.3 is 15.4 Å². The van der Waals surface area contributed by atoms with Gasteiger partial charge in [0.15, 0.2) is 0 Å². The van der Waals surface area contributed by atoms with Gasteiger partial charge in [-0.05, 0) is 18.9 Å². The first kappa shape index (κ1) is 11.5. The predicted molar refractivity (Wildman–Crippen MR) is 61.5 cm³/mol. The number of amides is 1. The average Bonchev–Trinajstić information content (AvgIpc) is 2.68. The molecular formula is C11H15ClN2O2. The molecule has 0 radical (unpaired) electrons. The van der Waals surface area contributed by atoms with Crippen molar-refractivity contribution in [2.24, 2.45) is 0 Å². The van der Waals surface area contributed by atoms with Crippen LogP contribution in [0.25, 0.3) is 0 Å². The molecule has 5 heteroatoms. The molecule has 0 aliphatic heterocycles. The van der Waals surface area contributed by atoms with Crippen LogP contribution in [-0.2, 0) is 0 Å². The molecule has 1 heterocycles. The second-order valence-electron chi connectivity index (χ2n) is 4.16. The van der Waals surface area contributed by atoms with Crippen LogP contribution in [0.5, 0.6) is 0 Å². The number of carbonyl (C=O) groups is 1. The smallest absolute Gasteiger partial charge is 0.268 e. The van der Waals surface area contributed by atoms with E-state index in [2.05, 4.69) is 10.3 Å². The summed E-state index contributed by atoms with van der Waals surface area (Å²) in [5.74, 6) is -0.210. The van der Waals surface area contributed by atoms with Crippen LogP contribution in [0.2, 0.25) is 5.02 Å². The maximum atomic E-state index is 11.8. The number of hydrogen-bond donors (Lipinski definition) is 3. The zero-order valence-electron chi connectivity index (χ0n) is 8.87. The first-order valence-corrected chi connectivity index (χ1v) is 5.87. The lowest BCUT2D eigenvalue weighted by atomic mass is 9.92. The summed E-state index contributed by atoms with van der Waals surface area (Å²) in [6.45, 7) is 0. The monoisotopic (exact) mass is 242 g/mol. The Morgan fingerprint density at radius 3 is 2.88 bits per heavy atom. The molecule has 2 atom stereocenters. The van der Waals surface area contributed by atoms with Crippen LogP contribution in [0.1, 0.15) is 36.2 Å². The third-order valence-corrected chi connectivity index (χ3v) is 3.16. The Bertz CT molecular complexity index is 378. The Morgan fingerprint density at radius 2 is 2.25 bits per heavy atom. The van der Waals surface area contributed by atoms with E-state index < -0.39 is 6.10 Å². The maximum absolute atomic E-state index is 11.8. The molecular weight excluding hydrogens is 228 g/mol. The van der Waals surface area contributed by atoms with Gasteiger partial charge in [-0.25, -0.2) is 0 Å². The first-order valence-electron chi connectivity index (χ1n) is 5.49. The molecule has 1 aromatic rings. The fourth-order valence-corrected chi connectivity index (χ4v) is 2.19. The molecule has 0 bridgehead atoms. The lowest BCUT2D eigenvalue weighted by Crippen LogP contribution is -2.45. The van der Waals surface area contributed by atoms with Crippen LogP contribution in [0.4, 0.5) is 0 Å². The molecule has 0 spiro atoms. The summed E-state index contributed by atoms with van der Waals surface area (Å²) in [6.07, 6.45) is 4.81. The molecule has 1 fully saturated rings. The molecule has 2 rings (SSSR count). The Hall–Kier alpha value is -1.00. The van der Waals surface area contributed by atoms with Crippen molar-refractivity contribution in [1.29, 1.82) is 0 Å². The minimum absolute atomic E-state index is 0.136. The zero-order valence-corrected chi connectivity index (χ0v) is 9.63.